The maximum Gasteiger partial charge on any atom is 0.254 e. The highest BCUT2D eigenvalue weighted by atomic mass is 16.3. The number of hydrogen-bond donors (Lipinski definition) is 2. The summed E-state index contributed by atoms with van der Waals surface area (Å²) < 4.78 is 0. The summed E-state index contributed by atoms with van der Waals surface area (Å²) in [5, 5.41) is 24.9. The van der Waals surface area contributed by atoms with Crippen LogP contribution < -0.4 is 0 Å². The van der Waals surface area contributed by atoms with E-state index in [4.69, 9.17) is 0 Å². The van der Waals surface area contributed by atoms with Gasteiger partial charge in [0.05, 0.1) is 11.3 Å². The first kappa shape index (κ1) is 17.3. The molecule has 0 atom stereocenters. The molecular weight excluding hydrogens is 344 g/mol. The van der Waals surface area contributed by atoms with E-state index in [1.165, 1.54) is 0 Å². The Morgan fingerprint density at radius 3 is 2.63 bits per heavy atom. The summed E-state index contributed by atoms with van der Waals surface area (Å²) in [6.07, 6.45) is 2.64. The van der Waals surface area contributed by atoms with Crippen LogP contribution in [0.4, 0.5) is 0 Å². The van der Waals surface area contributed by atoms with Gasteiger partial charge in [0.15, 0.2) is 0 Å². The van der Waals surface area contributed by atoms with Gasteiger partial charge in [-0.3, -0.25) is 9.78 Å². The van der Waals surface area contributed by atoms with Crippen LogP contribution in [0.2, 0.25) is 0 Å². The third kappa shape index (κ3) is 3.31. The van der Waals surface area contributed by atoms with E-state index in [0.29, 0.717) is 48.6 Å². The lowest BCUT2D eigenvalue weighted by atomic mass is 9.87. The zero-order valence-electron chi connectivity index (χ0n) is 15.0. The van der Waals surface area contributed by atoms with Crippen LogP contribution in [0.25, 0.3) is 11.4 Å². The van der Waals surface area contributed by atoms with Crippen LogP contribution in [0.3, 0.4) is 0 Å². The summed E-state index contributed by atoms with van der Waals surface area (Å²) in [6, 6.07) is 11.0. The summed E-state index contributed by atoms with van der Waals surface area (Å²) in [7, 11) is 0. The van der Waals surface area contributed by atoms with Gasteiger partial charge in [-0.05, 0) is 42.7 Å². The molecule has 1 aliphatic heterocycles. The number of amides is 1. The Labute approximate surface area is 156 Å². The number of pyridine rings is 1. The minimum absolute atomic E-state index is 0.102. The predicted molar refractivity (Wildman–Crippen MR) is 97.6 cm³/mol. The number of tetrazole rings is 1. The second-order valence-corrected chi connectivity index (χ2v) is 6.83. The molecule has 0 aliphatic carbocycles. The van der Waals surface area contributed by atoms with Crippen LogP contribution in [0.1, 0.15) is 34.5 Å². The molecule has 1 amide bonds. The largest absolute Gasteiger partial charge is 0.383 e. The average molecular weight is 364 g/mol. The highest BCUT2D eigenvalue weighted by Crippen LogP contribution is 2.32. The monoisotopic (exact) mass is 364 g/mol. The number of benzene rings is 1. The van der Waals surface area contributed by atoms with Crippen molar-refractivity contribution in [2.24, 2.45) is 0 Å². The normalized spacial score (nSPS) is 16.3. The number of carbonyl (C=O) groups excluding carboxylic acids is 1. The maximum absolute atomic E-state index is 13.1. The van der Waals surface area contributed by atoms with E-state index in [2.05, 4.69) is 25.6 Å². The number of rotatable bonds is 3. The summed E-state index contributed by atoms with van der Waals surface area (Å²) in [6.45, 7) is 2.86. The molecule has 2 N–H and O–H groups in total. The Hall–Kier alpha value is -3.13. The van der Waals surface area contributed by atoms with Crippen molar-refractivity contribution in [2.45, 2.75) is 25.4 Å². The number of hydrogen-bond acceptors (Lipinski definition) is 6. The number of aromatic amines is 1. The van der Waals surface area contributed by atoms with E-state index in [1.54, 1.807) is 23.2 Å². The van der Waals surface area contributed by atoms with Crippen LogP contribution in [0, 0.1) is 6.92 Å². The van der Waals surface area contributed by atoms with Crippen molar-refractivity contribution < 1.29 is 9.90 Å². The molecule has 1 aromatic carbocycles. The van der Waals surface area contributed by atoms with Crippen LogP contribution in [0.5, 0.6) is 0 Å². The molecule has 138 valence electrons. The second-order valence-electron chi connectivity index (χ2n) is 6.83. The molecule has 1 saturated heterocycles. The molecule has 0 unspecified atom stereocenters. The average Bonchev–Trinajstić information content (AvgIpc) is 3.23. The van der Waals surface area contributed by atoms with Crippen LogP contribution in [-0.2, 0) is 5.60 Å². The molecule has 0 saturated carbocycles. The molecule has 3 aromatic rings. The first-order valence-corrected chi connectivity index (χ1v) is 8.84. The van der Waals surface area contributed by atoms with E-state index in [1.807, 2.05) is 31.2 Å². The lowest BCUT2D eigenvalue weighted by Crippen LogP contribution is -2.45. The first-order valence-electron chi connectivity index (χ1n) is 8.84. The van der Waals surface area contributed by atoms with Crippen molar-refractivity contribution in [3.8, 4) is 11.4 Å². The Balaban J connectivity index is 1.52. The summed E-state index contributed by atoms with van der Waals surface area (Å²) in [5.41, 5.74) is 1.87. The van der Waals surface area contributed by atoms with Crippen molar-refractivity contribution in [1.29, 1.82) is 0 Å². The molecule has 27 heavy (non-hydrogen) atoms. The Morgan fingerprint density at radius 1 is 1.19 bits per heavy atom. The number of piperidine rings is 1. The second kappa shape index (κ2) is 6.88. The molecule has 8 nitrogen and oxygen atoms in total. The van der Waals surface area contributed by atoms with Crippen LogP contribution >= 0.6 is 0 Å². The van der Waals surface area contributed by atoms with Gasteiger partial charge in [0.1, 0.15) is 5.60 Å². The Morgan fingerprint density at radius 2 is 1.96 bits per heavy atom. The summed E-state index contributed by atoms with van der Waals surface area (Å²) >= 11 is 0. The number of aliphatic hydroxyl groups is 1. The molecule has 1 aliphatic rings. The van der Waals surface area contributed by atoms with E-state index in [9.17, 15) is 9.90 Å². The lowest BCUT2D eigenvalue weighted by Gasteiger charge is -2.38. The topological polar surface area (TPSA) is 108 Å². The quantitative estimate of drug-likeness (QED) is 0.732. The van der Waals surface area contributed by atoms with E-state index < -0.39 is 5.60 Å². The molecule has 1 fully saturated rings. The van der Waals surface area contributed by atoms with Gasteiger partial charge in [-0.1, -0.05) is 24.3 Å². The van der Waals surface area contributed by atoms with Crippen molar-refractivity contribution >= 4 is 5.91 Å². The number of aromatic nitrogens is 5. The van der Waals surface area contributed by atoms with Crippen molar-refractivity contribution in [3.63, 3.8) is 0 Å². The summed E-state index contributed by atoms with van der Waals surface area (Å²) in [5.74, 6) is 0.283. The fraction of sp³-hybridized carbons (Fsp3) is 0.316. The smallest absolute Gasteiger partial charge is 0.254 e. The van der Waals surface area contributed by atoms with Crippen molar-refractivity contribution in [2.75, 3.05) is 13.1 Å². The first-order chi connectivity index (χ1) is 13.1. The van der Waals surface area contributed by atoms with Gasteiger partial charge >= 0.3 is 0 Å². The fourth-order valence-corrected chi connectivity index (χ4v) is 3.39. The number of nitrogens with zero attached hydrogens (tertiary/aromatic N) is 5. The third-order valence-corrected chi connectivity index (χ3v) is 5.01. The van der Waals surface area contributed by atoms with Gasteiger partial charge in [0.25, 0.3) is 5.91 Å². The SMILES string of the molecule is Cc1ccc(C2(O)CCN(C(=O)c3ccccc3-c3nn[nH]n3)CC2)nc1. The number of H-pyrrole nitrogens is 1. The molecule has 0 bridgehead atoms. The zero-order valence-corrected chi connectivity index (χ0v) is 15.0. The van der Waals surface area contributed by atoms with Crippen molar-refractivity contribution in [3.05, 3.63) is 59.4 Å². The maximum atomic E-state index is 13.1. The third-order valence-electron chi connectivity index (χ3n) is 5.01. The fourth-order valence-electron chi connectivity index (χ4n) is 3.39. The van der Waals surface area contributed by atoms with Crippen LogP contribution in [-0.4, -0.2) is 54.6 Å². The predicted octanol–water partition coefficient (Wildman–Crippen LogP) is 1.69. The van der Waals surface area contributed by atoms with Gasteiger partial charge in [-0.15, -0.1) is 10.2 Å². The molecule has 0 spiro atoms. The number of aryl methyl sites for hydroxylation is 1. The van der Waals surface area contributed by atoms with E-state index >= 15 is 0 Å². The minimum Gasteiger partial charge on any atom is -0.383 e. The molecule has 0 radical (unpaired) electrons. The highest BCUT2D eigenvalue weighted by molar-refractivity contribution is 6.00. The van der Waals surface area contributed by atoms with Crippen molar-refractivity contribution in [1.82, 2.24) is 30.5 Å². The zero-order chi connectivity index (χ0) is 18.9. The number of likely N-dealkylation sites (tertiary alicyclic amines) is 1. The van der Waals surface area contributed by atoms with Gasteiger partial charge in [-0.2, -0.15) is 5.21 Å². The standard InChI is InChI=1S/C19H20N6O2/c1-13-6-7-16(20-12-13)19(27)8-10-25(11-9-19)18(26)15-5-3-2-4-14(15)17-21-23-24-22-17/h2-7,12,27H,8-11H2,1H3,(H,21,22,23,24). The Bertz CT molecular complexity index is 931. The molecule has 4 rings (SSSR count). The van der Waals surface area contributed by atoms with Gasteiger partial charge in [-0.25, -0.2) is 0 Å². The van der Waals surface area contributed by atoms with Gasteiger partial charge in [0, 0.05) is 24.8 Å². The van der Waals surface area contributed by atoms with Crippen LogP contribution in [0.15, 0.2) is 42.6 Å². The lowest BCUT2D eigenvalue weighted by molar-refractivity contribution is -0.0244. The minimum atomic E-state index is -1.00. The molecule has 2 aromatic heterocycles. The highest BCUT2D eigenvalue weighted by Gasteiger charge is 2.37. The molecular formula is C19H20N6O2. The van der Waals surface area contributed by atoms with E-state index in [-0.39, 0.29) is 5.91 Å². The van der Waals surface area contributed by atoms with Gasteiger partial charge in [0.2, 0.25) is 5.82 Å². The molecule has 8 heteroatoms. The Kier molecular flexibility index (Phi) is 4.41. The summed E-state index contributed by atoms with van der Waals surface area (Å²) in [4.78, 5) is 19.2. The number of nitrogens with one attached hydrogen (secondary N) is 1. The molecule has 3 heterocycles. The van der Waals surface area contributed by atoms with E-state index in [0.717, 1.165) is 5.56 Å². The number of carbonyl (C=O) groups is 1. The van der Waals surface area contributed by atoms with Gasteiger partial charge < -0.3 is 10.0 Å².